The number of aromatic nitrogens is 1. The van der Waals surface area contributed by atoms with Crippen molar-refractivity contribution in [2.45, 2.75) is 12.6 Å². The fourth-order valence-corrected chi connectivity index (χ4v) is 0.945. The third kappa shape index (κ3) is 2.10. The Morgan fingerprint density at radius 3 is 2.67 bits per heavy atom. The van der Waals surface area contributed by atoms with Crippen LogP contribution in [0.2, 0.25) is 0 Å². The van der Waals surface area contributed by atoms with Crippen molar-refractivity contribution in [3.8, 4) is 0 Å². The van der Waals surface area contributed by atoms with Crippen LogP contribution in [0, 0.1) is 0 Å². The van der Waals surface area contributed by atoms with Crippen LogP contribution in [0.4, 0.5) is 0 Å². The molecule has 1 unspecified atom stereocenters. The van der Waals surface area contributed by atoms with Gasteiger partial charge in [0.25, 0.3) is 0 Å². The van der Waals surface area contributed by atoms with Crippen molar-refractivity contribution >= 4 is 5.97 Å². The summed E-state index contributed by atoms with van der Waals surface area (Å²) in [6.07, 6.45) is 3.70. The largest absolute Gasteiger partial charge is 0.468 e. The number of nitrogens with two attached hydrogens (primary N) is 1. The maximum absolute atomic E-state index is 10.9. The second-order valence-electron chi connectivity index (χ2n) is 2.51. The average molecular weight is 168 g/mol. The first-order chi connectivity index (χ1) is 5.74. The molecule has 0 saturated carbocycles. The number of rotatable bonds is 3. The van der Waals surface area contributed by atoms with Crippen LogP contribution in [0.3, 0.4) is 0 Å². The number of hydrogen-bond acceptors (Lipinski definition) is 3. The van der Waals surface area contributed by atoms with Gasteiger partial charge in [0.15, 0.2) is 0 Å². The molecule has 0 aliphatic rings. The first-order valence-electron chi connectivity index (χ1n) is 3.68. The van der Waals surface area contributed by atoms with Crippen LogP contribution in [0.5, 0.6) is 0 Å². The third-order valence-electron chi connectivity index (χ3n) is 1.58. The molecule has 0 aliphatic carbocycles. The number of esters is 1. The van der Waals surface area contributed by atoms with E-state index >= 15 is 0 Å². The molecule has 1 aromatic heterocycles. The lowest BCUT2D eigenvalue weighted by Gasteiger charge is -2.09. The van der Waals surface area contributed by atoms with Crippen molar-refractivity contribution in [3.63, 3.8) is 0 Å². The highest BCUT2D eigenvalue weighted by molar-refractivity contribution is 5.75. The van der Waals surface area contributed by atoms with Gasteiger partial charge in [0.1, 0.15) is 6.04 Å². The minimum atomic E-state index is -0.581. The van der Waals surface area contributed by atoms with Gasteiger partial charge in [0, 0.05) is 18.9 Å². The molecule has 12 heavy (non-hydrogen) atoms. The Hall–Kier alpha value is -1.29. The van der Waals surface area contributed by atoms with Gasteiger partial charge in [-0.25, -0.2) is 0 Å². The molecular weight excluding hydrogens is 156 g/mol. The van der Waals surface area contributed by atoms with Crippen molar-refractivity contribution in [2.75, 3.05) is 7.11 Å². The Morgan fingerprint density at radius 1 is 1.58 bits per heavy atom. The predicted molar refractivity (Wildman–Crippen MR) is 44.4 cm³/mol. The van der Waals surface area contributed by atoms with Gasteiger partial charge in [-0.05, 0) is 12.1 Å². The van der Waals surface area contributed by atoms with E-state index in [-0.39, 0.29) is 5.97 Å². The Labute approximate surface area is 70.9 Å². The lowest BCUT2D eigenvalue weighted by atomic mass is 10.3. The van der Waals surface area contributed by atoms with Gasteiger partial charge < -0.3 is 15.0 Å². The van der Waals surface area contributed by atoms with Gasteiger partial charge in [-0.1, -0.05) is 0 Å². The normalized spacial score (nSPS) is 12.5. The topological polar surface area (TPSA) is 57.2 Å². The lowest BCUT2D eigenvalue weighted by molar-refractivity contribution is -0.142. The smallest absolute Gasteiger partial charge is 0.324 e. The molecule has 0 bridgehead atoms. The summed E-state index contributed by atoms with van der Waals surface area (Å²) in [5, 5.41) is 0. The summed E-state index contributed by atoms with van der Waals surface area (Å²) >= 11 is 0. The van der Waals surface area contributed by atoms with E-state index in [0.29, 0.717) is 6.54 Å². The fourth-order valence-electron chi connectivity index (χ4n) is 0.945. The SMILES string of the molecule is COC(=O)C(N)Cn1cccc1. The van der Waals surface area contributed by atoms with Crippen molar-refractivity contribution in [2.24, 2.45) is 5.73 Å². The molecular formula is C8H12N2O2. The number of ether oxygens (including phenoxy) is 1. The molecule has 0 amide bonds. The van der Waals surface area contributed by atoms with Crippen LogP contribution >= 0.6 is 0 Å². The first-order valence-corrected chi connectivity index (χ1v) is 3.68. The Bertz CT molecular complexity index is 244. The number of methoxy groups -OCH3 is 1. The maximum atomic E-state index is 10.9. The lowest BCUT2D eigenvalue weighted by Crippen LogP contribution is -2.35. The highest BCUT2D eigenvalue weighted by Crippen LogP contribution is 1.93. The van der Waals surface area contributed by atoms with Crippen LogP contribution in [0.15, 0.2) is 24.5 Å². The van der Waals surface area contributed by atoms with E-state index in [1.165, 1.54) is 7.11 Å². The summed E-state index contributed by atoms with van der Waals surface area (Å²) in [4.78, 5) is 10.9. The Balaban J connectivity index is 2.47. The molecule has 0 fully saturated rings. The molecule has 1 aromatic rings. The molecule has 1 atom stereocenters. The summed E-state index contributed by atoms with van der Waals surface area (Å²) in [7, 11) is 1.33. The first kappa shape index (κ1) is 8.80. The fraction of sp³-hybridized carbons (Fsp3) is 0.375. The van der Waals surface area contributed by atoms with Gasteiger partial charge in [-0.3, -0.25) is 4.79 Å². The van der Waals surface area contributed by atoms with E-state index in [4.69, 9.17) is 5.73 Å². The molecule has 0 spiro atoms. The zero-order valence-electron chi connectivity index (χ0n) is 6.93. The molecule has 1 rings (SSSR count). The summed E-state index contributed by atoms with van der Waals surface area (Å²) in [6, 6.07) is 3.18. The zero-order chi connectivity index (χ0) is 8.97. The highest BCUT2D eigenvalue weighted by Gasteiger charge is 2.12. The Kier molecular flexibility index (Phi) is 2.88. The molecule has 4 heteroatoms. The molecule has 4 nitrogen and oxygen atoms in total. The Morgan fingerprint density at radius 2 is 2.17 bits per heavy atom. The molecule has 1 heterocycles. The number of carbonyl (C=O) groups excluding carboxylic acids is 1. The van der Waals surface area contributed by atoms with E-state index in [9.17, 15) is 4.79 Å². The maximum Gasteiger partial charge on any atom is 0.324 e. The van der Waals surface area contributed by atoms with E-state index < -0.39 is 6.04 Å². The van der Waals surface area contributed by atoms with Crippen LogP contribution in [0.1, 0.15) is 0 Å². The number of carbonyl (C=O) groups is 1. The number of hydrogen-bond donors (Lipinski definition) is 1. The summed E-state index contributed by atoms with van der Waals surface area (Å²) in [6.45, 7) is 0.458. The molecule has 0 radical (unpaired) electrons. The molecule has 0 aromatic carbocycles. The van der Waals surface area contributed by atoms with Crippen molar-refractivity contribution in [1.29, 1.82) is 0 Å². The minimum Gasteiger partial charge on any atom is -0.468 e. The predicted octanol–water partition coefficient (Wildman–Crippen LogP) is -0.0116. The third-order valence-corrected chi connectivity index (χ3v) is 1.58. The summed E-state index contributed by atoms with van der Waals surface area (Å²) in [5.41, 5.74) is 5.52. The molecule has 0 saturated heterocycles. The quantitative estimate of drug-likeness (QED) is 0.646. The van der Waals surface area contributed by atoms with Gasteiger partial charge in [0.05, 0.1) is 7.11 Å². The molecule has 0 aliphatic heterocycles. The second kappa shape index (κ2) is 3.92. The van der Waals surface area contributed by atoms with Gasteiger partial charge in [0.2, 0.25) is 0 Å². The molecule has 66 valence electrons. The van der Waals surface area contributed by atoms with Gasteiger partial charge >= 0.3 is 5.97 Å². The monoisotopic (exact) mass is 168 g/mol. The van der Waals surface area contributed by atoms with E-state index in [0.717, 1.165) is 0 Å². The molecule has 2 N–H and O–H groups in total. The highest BCUT2D eigenvalue weighted by atomic mass is 16.5. The van der Waals surface area contributed by atoms with Crippen molar-refractivity contribution in [3.05, 3.63) is 24.5 Å². The van der Waals surface area contributed by atoms with Crippen LogP contribution in [-0.4, -0.2) is 23.7 Å². The number of nitrogens with zero attached hydrogens (tertiary/aromatic N) is 1. The van der Waals surface area contributed by atoms with Crippen LogP contribution in [-0.2, 0) is 16.1 Å². The summed E-state index contributed by atoms with van der Waals surface area (Å²) in [5.74, 6) is -0.385. The van der Waals surface area contributed by atoms with Crippen LogP contribution in [0.25, 0.3) is 0 Å². The van der Waals surface area contributed by atoms with Crippen LogP contribution < -0.4 is 5.73 Å². The van der Waals surface area contributed by atoms with E-state index in [1.807, 2.05) is 29.1 Å². The van der Waals surface area contributed by atoms with Gasteiger partial charge in [-0.15, -0.1) is 0 Å². The standard InChI is InChI=1S/C8H12N2O2/c1-12-8(11)7(9)6-10-4-2-3-5-10/h2-5,7H,6,9H2,1H3. The summed E-state index contributed by atoms with van der Waals surface area (Å²) < 4.78 is 6.32. The van der Waals surface area contributed by atoms with Gasteiger partial charge in [-0.2, -0.15) is 0 Å². The van der Waals surface area contributed by atoms with E-state index in [2.05, 4.69) is 4.74 Å². The second-order valence-corrected chi connectivity index (χ2v) is 2.51. The zero-order valence-corrected chi connectivity index (χ0v) is 6.93. The van der Waals surface area contributed by atoms with E-state index in [1.54, 1.807) is 0 Å². The average Bonchev–Trinajstić information content (AvgIpc) is 2.55. The van der Waals surface area contributed by atoms with Crippen molar-refractivity contribution in [1.82, 2.24) is 4.57 Å². The minimum absolute atomic E-state index is 0.385. The van der Waals surface area contributed by atoms with Crippen molar-refractivity contribution < 1.29 is 9.53 Å².